The lowest BCUT2D eigenvalue weighted by atomic mass is 10.4. The van der Waals surface area contributed by atoms with Crippen molar-refractivity contribution in [2.24, 2.45) is 0 Å². The fourth-order valence-electron chi connectivity index (χ4n) is 1.24. The number of nitrogens with zero attached hydrogens (tertiary/aromatic N) is 1. The summed E-state index contributed by atoms with van der Waals surface area (Å²) in [5.41, 5.74) is 1.11. The standard InChI is InChI=1S/C10H18N2OS2/c1-7(15(4)13)5-11-6-10-8(2)12-9(3)14-10/h7,11H,5-6H2,1-4H3. The van der Waals surface area contributed by atoms with Crippen molar-refractivity contribution >= 4 is 22.1 Å². The topological polar surface area (TPSA) is 42.0 Å². The predicted octanol–water partition coefficient (Wildman–Crippen LogP) is 1.62. The van der Waals surface area contributed by atoms with Gasteiger partial charge in [-0.1, -0.05) is 0 Å². The molecular formula is C10H18N2OS2. The van der Waals surface area contributed by atoms with Crippen LogP contribution in [0.2, 0.25) is 0 Å². The second kappa shape index (κ2) is 5.72. The predicted molar refractivity (Wildman–Crippen MR) is 66.8 cm³/mol. The molecule has 2 unspecified atom stereocenters. The van der Waals surface area contributed by atoms with E-state index in [1.165, 1.54) is 4.88 Å². The molecule has 0 saturated carbocycles. The van der Waals surface area contributed by atoms with Gasteiger partial charge in [-0.3, -0.25) is 4.21 Å². The van der Waals surface area contributed by atoms with Gasteiger partial charge in [0, 0.05) is 40.3 Å². The summed E-state index contributed by atoms with van der Waals surface area (Å²) in [6, 6.07) is 0. The third-order valence-electron chi connectivity index (χ3n) is 2.28. The Balaban J connectivity index is 2.38. The van der Waals surface area contributed by atoms with Crippen LogP contribution in [0.1, 0.15) is 22.5 Å². The number of rotatable bonds is 5. The van der Waals surface area contributed by atoms with Gasteiger partial charge in [-0.25, -0.2) is 4.98 Å². The lowest BCUT2D eigenvalue weighted by Gasteiger charge is -2.08. The van der Waals surface area contributed by atoms with Crippen molar-refractivity contribution in [3.05, 3.63) is 15.6 Å². The molecule has 2 atom stereocenters. The summed E-state index contributed by atoms with van der Waals surface area (Å²) >= 11 is 1.72. The van der Waals surface area contributed by atoms with Gasteiger partial charge in [0.25, 0.3) is 0 Å². The highest BCUT2D eigenvalue weighted by Gasteiger charge is 2.07. The second-order valence-electron chi connectivity index (χ2n) is 3.68. The van der Waals surface area contributed by atoms with Crippen LogP contribution in [0.4, 0.5) is 0 Å². The third-order valence-corrected chi connectivity index (χ3v) is 4.66. The SMILES string of the molecule is Cc1nc(C)c(CNCC(C)S(C)=O)s1. The first-order valence-corrected chi connectivity index (χ1v) is 7.40. The van der Waals surface area contributed by atoms with E-state index >= 15 is 0 Å². The van der Waals surface area contributed by atoms with E-state index in [9.17, 15) is 4.21 Å². The average molecular weight is 246 g/mol. The zero-order chi connectivity index (χ0) is 11.4. The van der Waals surface area contributed by atoms with E-state index < -0.39 is 10.8 Å². The molecular weight excluding hydrogens is 228 g/mol. The molecule has 0 radical (unpaired) electrons. The monoisotopic (exact) mass is 246 g/mol. The summed E-state index contributed by atoms with van der Waals surface area (Å²) in [6.07, 6.45) is 1.74. The van der Waals surface area contributed by atoms with E-state index in [4.69, 9.17) is 0 Å². The van der Waals surface area contributed by atoms with Gasteiger partial charge >= 0.3 is 0 Å². The first-order valence-electron chi connectivity index (χ1n) is 4.96. The molecule has 0 amide bonds. The molecule has 0 aliphatic carbocycles. The van der Waals surface area contributed by atoms with E-state index in [0.29, 0.717) is 0 Å². The smallest absolute Gasteiger partial charge is 0.0900 e. The summed E-state index contributed by atoms with van der Waals surface area (Å²) in [6.45, 7) is 7.67. The molecule has 1 aromatic heterocycles. The maximum Gasteiger partial charge on any atom is 0.0900 e. The minimum Gasteiger partial charge on any atom is -0.311 e. The van der Waals surface area contributed by atoms with Crippen LogP contribution in [0.5, 0.6) is 0 Å². The molecule has 0 aromatic carbocycles. The van der Waals surface area contributed by atoms with Crippen molar-refractivity contribution in [2.45, 2.75) is 32.6 Å². The van der Waals surface area contributed by atoms with Gasteiger partial charge in [-0.2, -0.15) is 0 Å². The van der Waals surface area contributed by atoms with Gasteiger partial charge in [0.2, 0.25) is 0 Å². The summed E-state index contributed by atoms with van der Waals surface area (Å²) in [5, 5.41) is 4.63. The molecule has 86 valence electrons. The number of thiazole rings is 1. The molecule has 1 rings (SSSR count). The quantitative estimate of drug-likeness (QED) is 0.858. The molecule has 0 fully saturated rings. The van der Waals surface area contributed by atoms with Gasteiger partial charge in [-0.05, 0) is 20.8 Å². The minimum absolute atomic E-state index is 0.208. The summed E-state index contributed by atoms with van der Waals surface area (Å²) in [5.74, 6) is 0. The van der Waals surface area contributed by atoms with Crippen molar-refractivity contribution in [3.63, 3.8) is 0 Å². The minimum atomic E-state index is -0.743. The van der Waals surface area contributed by atoms with Crippen LogP contribution in [0.3, 0.4) is 0 Å². The Morgan fingerprint density at radius 2 is 2.20 bits per heavy atom. The van der Waals surface area contributed by atoms with Gasteiger partial charge in [-0.15, -0.1) is 11.3 Å². The van der Waals surface area contributed by atoms with Crippen molar-refractivity contribution in [3.8, 4) is 0 Å². The zero-order valence-electron chi connectivity index (χ0n) is 9.66. The Morgan fingerprint density at radius 3 is 2.67 bits per heavy atom. The summed E-state index contributed by atoms with van der Waals surface area (Å²) in [4.78, 5) is 5.64. The molecule has 0 aliphatic rings. The van der Waals surface area contributed by atoms with Crippen LogP contribution >= 0.6 is 11.3 Å². The molecule has 5 heteroatoms. The zero-order valence-corrected chi connectivity index (χ0v) is 11.3. The normalized spacial score (nSPS) is 15.2. The maximum atomic E-state index is 11.1. The van der Waals surface area contributed by atoms with Crippen molar-refractivity contribution in [1.82, 2.24) is 10.3 Å². The van der Waals surface area contributed by atoms with Crippen LogP contribution in [0.25, 0.3) is 0 Å². The third kappa shape index (κ3) is 4.01. The fourth-order valence-corrected chi connectivity index (χ4v) is 2.50. The molecule has 1 heterocycles. The highest BCUT2D eigenvalue weighted by atomic mass is 32.2. The Morgan fingerprint density at radius 1 is 1.53 bits per heavy atom. The second-order valence-corrected chi connectivity index (χ2v) is 6.77. The van der Waals surface area contributed by atoms with Gasteiger partial charge in [0.15, 0.2) is 0 Å². The van der Waals surface area contributed by atoms with Gasteiger partial charge in [0.05, 0.1) is 10.7 Å². The molecule has 1 N–H and O–H groups in total. The molecule has 1 aromatic rings. The van der Waals surface area contributed by atoms with Crippen LogP contribution in [0.15, 0.2) is 0 Å². The first-order chi connectivity index (χ1) is 7.00. The molecule has 0 spiro atoms. The Labute approximate surface area is 97.8 Å². The number of aromatic nitrogens is 1. The molecule has 0 saturated heterocycles. The van der Waals surface area contributed by atoms with Gasteiger partial charge in [0.1, 0.15) is 0 Å². The molecule has 15 heavy (non-hydrogen) atoms. The number of hydrogen-bond donors (Lipinski definition) is 1. The fraction of sp³-hybridized carbons (Fsp3) is 0.700. The van der Waals surface area contributed by atoms with E-state index in [0.717, 1.165) is 23.8 Å². The van der Waals surface area contributed by atoms with Crippen LogP contribution in [-0.2, 0) is 17.3 Å². The Bertz CT molecular complexity index is 349. The van der Waals surface area contributed by atoms with E-state index in [2.05, 4.69) is 10.3 Å². The molecule has 0 aliphatic heterocycles. The summed E-state index contributed by atoms with van der Waals surface area (Å²) < 4.78 is 11.1. The van der Waals surface area contributed by atoms with Crippen LogP contribution in [-0.4, -0.2) is 27.2 Å². The van der Waals surface area contributed by atoms with Crippen LogP contribution in [0, 0.1) is 13.8 Å². The molecule has 3 nitrogen and oxygen atoms in total. The van der Waals surface area contributed by atoms with Crippen LogP contribution < -0.4 is 5.32 Å². The summed E-state index contributed by atoms with van der Waals surface area (Å²) in [7, 11) is -0.743. The largest absolute Gasteiger partial charge is 0.311 e. The lowest BCUT2D eigenvalue weighted by Crippen LogP contribution is -2.27. The lowest BCUT2D eigenvalue weighted by molar-refractivity contribution is 0.648. The molecule has 0 bridgehead atoms. The maximum absolute atomic E-state index is 11.1. The van der Waals surface area contributed by atoms with E-state index in [1.54, 1.807) is 17.6 Å². The number of hydrogen-bond acceptors (Lipinski definition) is 4. The Kier molecular flexibility index (Phi) is 4.89. The van der Waals surface area contributed by atoms with Crippen molar-refractivity contribution in [2.75, 3.05) is 12.8 Å². The number of aryl methyl sites for hydroxylation is 2. The van der Waals surface area contributed by atoms with Crippen molar-refractivity contribution < 1.29 is 4.21 Å². The van der Waals surface area contributed by atoms with E-state index in [-0.39, 0.29) is 5.25 Å². The number of nitrogens with one attached hydrogen (secondary N) is 1. The van der Waals surface area contributed by atoms with E-state index in [1.807, 2.05) is 20.8 Å². The van der Waals surface area contributed by atoms with Crippen molar-refractivity contribution in [1.29, 1.82) is 0 Å². The van der Waals surface area contributed by atoms with Gasteiger partial charge < -0.3 is 5.32 Å². The average Bonchev–Trinajstić information content (AvgIpc) is 2.45. The highest BCUT2D eigenvalue weighted by molar-refractivity contribution is 7.84. The Hall–Kier alpha value is -0.260. The highest BCUT2D eigenvalue weighted by Crippen LogP contribution is 2.16. The first kappa shape index (κ1) is 12.8.